The first-order valence-electron chi connectivity index (χ1n) is 0.575. The summed E-state index contributed by atoms with van der Waals surface area (Å²) < 4.78 is 8.79. The molecule has 0 amide bonds. The Bertz CT molecular complexity index is 56.1. The van der Waals surface area contributed by atoms with Crippen molar-refractivity contribution in [3.05, 3.63) is 0 Å². The van der Waals surface area contributed by atoms with E-state index in [1.54, 1.807) is 0 Å². The third kappa shape index (κ3) is 1.60. The Labute approximate surface area is 26.5 Å². The summed E-state index contributed by atoms with van der Waals surface area (Å²) in [7, 11) is 0. The molecular weight excluding hydrogens is 76.1 g/mol. The van der Waals surface area contributed by atoms with Gasteiger partial charge in [0, 0.05) is 0 Å². The fourth-order valence-electron chi connectivity index (χ4n) is 0. The van der Waals surface area contributed by atoms with E-state index in [2.05, 4.69) is 0 Å². The quantitative estimate of drug-likeness (QED) is 0.356. The zero-order valence-electron chi connectivity index (χ0n) is 1.72. The van der Waals surface area contributed by atoms with Gasteiger partial charge in [-0.3, -0.25) is 0 Å². The Kier molecular flexibility index (Phi) is 2.34. The maximum atomic E-state index is 8.79. The minimum atomic E-state index is -0.199. The molecule has 0 spiro atoms. The van der Waals surface area contributed by atoms with Gasteiger partial charge in [-0.05, 0) is 0 Å². The SMILES string of the molecule is O=C=S=O. The van der Waals surface area contributed by atoms with Crippen LogP contribution in [0.15, 0.2) is 0 Å². The van der Waals surface area contributed by atoms with Gasteiger partial charge >= 0.3 is 0 Å². The Hall–Kier alpha value is -0.400. The standard InChI is InChI=1S/CO2S/c2-1-4-3. The second-order valence-electron chi connectivity index (χ2n) is 0.167. The van der Waals surface area contributed by atoms with Gasteiger partial charge in [-0.15, -0.1) is 0 Å². The second-order valence-corrected chi connectivity index (χ2v) is 0.500. The van der Waals surface area contributed by atoms with Crippen molar-refractivity contribution < 1.29 is 9.00 Å². The van der Waals surface area contributed by atoms with Gasteiger partial charge in [0.05, 0.1) is 0 Å². The molecule has 0 aliphatic heterocycles. The van der Waals surface area contributed by atoms with Crippen LogP contribution in [-0.4, -0.2) is 9.44 Å². The molecule has 0 N–H and O–H groups in total. The lowest BCUT2D eigenvalue weighted by Gasteiger charge is -1.07. The summed E-state index contributed by atoms with van der Waals surface area (Å²) in [5.74, 6) is 0. The van der Waals surface area contributed by atoms with Crippen molar-refractivity contribution in [2.45, 2.75) is 0 Å². The molecule has 0 aromatic heterocycles. The van der Waals surface area contributed by atoms with E-state index in [0.29, 0.717) is 0 Å². The summed E-state index contributed by atoms with van der Waals surface area (Å²) in [6, 6.07) is 0. The minimum absolute atomic E-state index is 0.199. The van der Waals surface area contributed by atoms with Crippen LogP contribution in [0.25, 0.3) is 0 Å². The van der Waals surface area contributed by atoms with E-state index in [9.17, 15) is 0 Å². The summed E-state index contributed by atoms with van der Waals surface area (Å²) >= 11 is -0.199. The van der Waals surface area contributed by atoms with Crippen molar-refractivity contribution in [3.8, 4) is 0 Å². The monoisotopic (exact) mass is 76.0 g/mol. The Morgan fingerprint density at radius 1 is 1.75 bits per heavy atom. The lowest BCUT2D eigenvalue weighted by molar-refractivity contribution is 0.571. The van der Waals surface area contributed by atoms with E-state index in [-0.39, 0.29) is 11.3 Å². The van der Waals surface area contributed by atoms with E-state index in [0.717, 1.165) is 5.23 Å². The molecule has 0 radical (unpaired) electrons. The molecule has 0 unspecified atom stereocenters. The van der Waals surface area contributed by atoms with E-state index in [4.69, 9.17) is 9.00 Å². The Morgan fingerprint density at radius 2 is 2.00 bits per heavy atom. The molecule has 0 rings (SSSR count). The van der Waals surface area contributed by atoms with Crippen molar-refractivity contribution in [1.82, 2.24) is 0 Å². The molecule has 0 heterocycles. The predicted molar refractivity (Wildman–Crippen MR) is 13.8 cm³/mol. The molecule has 0 saturated heterocycles. The summed E-state index contributed by atoms with van der Waals surface area (Å²) in [5.41, 5.74) is 0. The number of rotatable bonds is 0. The smallest absolute Gasteiger partial charge is 0.218 e. The summed E-state index contributed by atoms with van der Waals surface area (Å²) in [5, 5.41) is 1.04. The van der Waals surface area contributed by atoms with Crippen molar-refractivity contribution >= 4 is 16.5 Å². The number of hydrogen-bond donors (Lipinski definition) is 0. The molecule has 0 aliphatic rings. The number of hydrogen-bond acceptors (Lipinski definition) is 2. The third-order valence-electron chi connectivity index (χ3n) is 0.0340. The van der Waals surface area contributed by atoms with Gasteiger partial charge in [0.2, 0.25) is 5.23 Å². The molecule has 3 heteroatoms. The van der Waals surface area contributed by atoms with Crippen LogP contribution in [-0.2, 0) is 16.1 Å². The Balaban J connectivity index is 3.95. The fourth-order valence-corrected chi connectivity index (χ4v) is 0. The largest absolute Gasteiger partial charge is 0.232 e. The predicted octanol–water partition coefficient (Wildman–Crippen LogP) is -0.733. The van der Waals surface area contributed by atoms with Gasteiger partial charge in [0.1, 0.15) is 0 Å². The number of carbonyl (C=O) groups excluding carboxylic acids is 1. The van der Waals surface area contributed by atoms with Crippen molar-refractivity contribution in [2.24, 2.45) is 0 Å². The van der Waals surface area contributed by atoms with Gasteiger partial charge < -0.3 is 0 Å². The van der Waals surface area contributed by atoms with Crippen LogP contribution in [0.1, 0.15) is 0 Å². The van der Waals surface area contributed by atoms with Crippen LogP contribution in [0.3, 0.4) is 0 Å². The zero-order valence-corrected chi connectivity index (χ0v) is 2.54. The molecule has 0 aromatic rings. The highest BCUT2D eigenvalue weighted by Crippen LogP contribution is 0.990. The zero-order chi connectivity index (χ0) is 3.41. The van der Waals surface area contributed by atoms with Crippen LogP contribution in [0.2, 0.25) is 0 Å². The highest BCUT2D eigenvalue weighted by atomic mass is 32.1. The molecule has 0 bridgehead atoms. The first-order valence-corrected chi connectivity index (χ1v) is 1.32. The normalized spacial score (nSPS) is 4.00. The summed E-state index contributed by atoms with van der Waals surface area (Å²) in [6.45, 7) is 0. The molecule has 2 nitrogen and oxygen atoms in total. The topological polar surface area (TPSA) is 34.1 Å². The molecule has 0 saturated carbocycles. The summed E-state index contributed by atoms with van der Waals surface area (Å²) in [6.07, 6.45) is 0. The highest BCUT2D eigenvalue weighted by molar-refractivity contribution is 7.63. The maximum absolute atomic E-state index is 8.79. The summed E-state index contributed by atoms with van der Waals surface area (Å²) in [4.78, 5) is 8.70. The molecular formula is CO2S. The van der Waals surface area contributed by atoms with Crippen molar-refractivity contribution in [1.29, 1.82) is 0 Å². The van der Waals surface area contributed by atoms with Crippen LogP contribution in [0, 0.1) is 0 Å². The van der Waals surface area contributed by atoms with E-state index >= 15 is 0 Å². The van der Waals surface area contributed by atoms with Crippen LogP contribution in [0.5, 0.6) is 0 Å². The molecule has 22 valence electrons. The highest BCUT2D eigenvalue weighted by Gasteiger charge is 1.26. The third-order valence-corrected chi connectivity index (χ3v) is 0.102. The van der Waals surface area contributed by atoms with E-state index in [1.807, 2.05) is 0 Å². The van der Waals surface area contributed by atoms with E-state index in [1.165, 1.54) is 0 Å². The van der Waals surface area contributed by atoms with Gasteiger partial charge in [0.15, 0.2) is 11.3 Å². The van der Waals surface area contributed by atoms with Crippen molar-refractivity contribution in [3.63, 3.8) is 0 Å². The molecule has 4 heavy (non-hydrogen) atoms. The molecule has 0 aliphatic carbocycles. The molecule has 0 atom stereocenters. The van der Waals surface area contributed by atoms with Gasteiger partial charge in [0.25, 0.3) is 0 Å². The minimum Gasteiger partial charge on any atom is -0.218 e. The van der Waals surface area contributed by atoms with Gasteiger partial charge in [-0.2, -0.15) is 4.21 Å². The lowest BCUT2D eigenvalue weighted by Crippen LogP contribution is -1.32. The van der Waals surface area contributed by atoms with Gasteiger partial charge in [-0.25, -0.2) is 4.79 Å². The average molecular weight is 76.1 g/mol. The average Bonchev–Trinajstić information content (AvgIpc) is 1.37. The molecule has 0 fully saturated rings. The van der Waals surface area contributed by atoms with Crippen LogP contribution in [0.4, 0.5) is 0 Å². The van der Waals surface area contributed by atoms with Crippen LogP contribution < -0.4 is 0 Å². The van der Waals surface area contributed by atoms with Crippen molar-refractivity contribution in [2.75, 3.05) is 0 Å². The maximum Gasteiger partial charge on any atom is 0.232 e. The van der Waals surface area contributed by atoms with E-state index < -0.39 is 0 Å². The first kappa shape index (κ1) is 3.60. The van der Waals surface area contributed by atoms with Gasteiger partial charge in [-0.1, -0.05) is 0 Å². The lowest BCUT2D eigenvalue weighted by atomic mass is 11.9. The first-order chi connectivity index (χ1) is 1.91. The fraction of sp³-hybridized carbons (Fsp3) is 0. The Morgan fingerprint density at radius 3 is 2.00 bits per heavy atom. The second kappa shape index (κ2) is 2.60. The van der Waals surface area contributed by atoms with Crippen LogP contribution >= 0.6 is 0 Å². The molecule has 0 aromatic carbocycles.